The van der Waals surface area contributed by atoms with Gasteiger partial charge < -0.3 is 5.11 Å². The predicted octanol–water partition coefficient (Wildman–Crippen LogP) is 7.44. The molecule has 0 fully saturated rings. The monoisotopic (exact) mass is 474 g/mol. The smallest absolute Gasteiger partial charge is 0.362 e. The molecule has 0 aromatic heterocycles. The summed E-state index contributed by atoms with van der Waals surface area (Å²) in [6.07, 6.45) is -11.8. The van der Waals surface area contributed by atoms with Crippen molar-refractivity contribution in [2.45, 2.75) is 64.2 Å². The van der Waals surface area contributed by atoms with Crippen LogP contribution >= 0.6 is 0 Å². The zero-order chi connectivity index (χ0) is 25.0. The van der Waals surface area contributed by atoms with Crippen LogP contribution in [0.1, 0.15) is 55.0 Å². The lowest BCUT2D eigenvalue weighted by Gasteiger charge is -2.42. The normalized spacial score (nSPS) is 21.3. The van der Waals surface area contributed by atoms with E-state index in [-0.39, 0.29) is 24.0 Å². The Kier molecular flexibility index (Phi) is 6.02. The second kappa shape index (κ2) is 7.86. The number of alkyl halides is 7. The summed E-state index contributed by atoms with van der Waals surface area (Å²) in [7, 11) is 0. The molecule has 180 valence electrons. The van der Waals surface area contributed by atoms with E-state index < -0.39 is 35.6 Å². The van der Waals surface area contributed by atoms with Crippen molar-refractivity contribution in [2.75, 3.05) is 0 Å². The van der Waals surface area contributed by atoms with Crippen LogP contribution in [0.4, 0.5) is 30.7 Å². The SMILES string of the molecule is Cc1cccc(C2(C)Cc3cc(/C(=C/C(C)(C(F)(F)F)C(F)(F)F)CC(C)(O)F)ccc32)c1. The Morgan fingerprint density at radius 1 is 0.970 bits per heavy atom. The fraction of sp³-hybridized carbons (Fsp3) is 0.440. The van der Waals surface area contributed by atoms with Crippen molar-refractivity contribution in [3.63, 3.8) is 0 Å². The summed E-state index contributed by atoms with van der Waals surface area (Å²) >= 11 is 0. The molecule has 0 radical (unpaired) electrons. The topological polar surface area (TPSA) is 20.2 Å². The molecule has 1 aliphatic carbocycles. The van der Waals surface area contributed by atoms with Crippen LogP contribution in [0, 0.1) is 12.3 Å². The largest absolute Gasteiger partial charge is 0.406 e. The average Bonchev–Trinajstić information content (AvgIpc) is 2.63. The van der Waals surface area contributed by atoms with Crippen LogP contribution < -0.4 is 0 Å². The Bertz CT molecular complexity index is 1060. The molecule has 0 heterocycles. The Morgan fingerprint density at radius 2 is 1.58 bits per heavy atom. The molecular weight excluding hydrogens is 449 g/mol. The fourth-order valence-corrected chi connectivity index (χ4v) is 4.35. The van der Waals surface area contributed by atoms with Gasteiger partial charge in [-0.1, -0.05) is 61.0 Å². The van der Waals surface area contributed by atoms with Gasteiger partial charge in [0.1, 0.15) is 0 Å². The standard InChI is InChI=1S/C25H25F7O/c1-15-6-5-7-19(10-15)21(2)12-17-11-16(8-9-20(17)21)18(14-23(4,26)33)13-22(3,24(27,28)29)25(30,31)32/h5-11,13,33H,12,14H2,1-4H3/b18-13+. The van der Waals surface area contributed by atoms with Crippen molar-refractivity contribution in [2.24, 2.45) is 5.41 Å². The quantitative estimate of drug-likeness (QED) is 0.447. The van der Waals surface area contributed by atoms with E-state index in [2.05, 4.69) is 0 Å². The summed E-state index contributed by atoms with van der Waals surface area (Å²) in [5.74, 6) is -3.00. The minimum atomic E-state index is -5.66. The molecule has 0 aliphatic heterocycles. The number of hydrogen-bond donors (Lipinski definition) is 1. The highest BCUT2D eigenvalue weighted by Gasteiger charge is 2.66. The fourth-order valence-electron chi connectivity index (χ4n) is 4.35. The van der Waals surface area contributed by atoms with Gasteiger partial charge in [0, 0.05) is 11.8 Å². The first kappa shape index (κ1) is 25.3. The zero-order valence-corrected chi connectivity index (χ0v) is 18.6. The number of fused-ring (bicyclic) bond motifs is 1. The number of aliphatic hydroxyl groups is 1. The van der Waals surface area contributed by atoms with Crippen LogP contribution in [0.5, 0.6) is 0 Å². The highest BCUT2D eigenvalue weighted by molar-refractivity contribution is 5.70. The molecule has 2 atom stereocenters. The first-order chi connectivity index (χ1) is 14.9. The lowest BCUT2D eigenvalue weighted by atomic mass is 9.61. The molecule has 0 saturated heterocycles. The molecule has 1 aliphatic rings. The second-order valence-electron chi connectivity index (χ2n) is 9.44. The molecule has 2 aromatic rings. The number of allylic oxidation sites excluding steroid dienone is 1. The minimum Gasteiger partial charge on any atom is -0.362 e. The molecular formula is C25H25F7O. The Hall–Kier alpha value is -2.35. The Balaban J connectivity index is 2.09. The lowest BCUT2D eigenvalue weighted by Crippen LogP contribution is -2.46. The van der Waals surface area contributed by atoms with Crippen molar-refractivity contribution in [3.8, 4) is 0 Å². The molecule has 0 bridgehead atoms. The second-order valence-corrected chi connectivity index (χ2v) is 9.44. The molecule has 8 heteroatoms. The van der Waals surface area contributed by atoms with Gasteiger partial charge in [-0.15, -0.1) is 0 Å². The summed E-state index contributed by atoms with van der Waals surface area (Å²) in [4.78, 5) is 0. The predicted molar refractivity (Wildman–Crippen MR) is 112 cm³/mol. The van der Waals surface area contributed by atoms with Crippen molar-refractivity contribution in [3.05, 3.63) is 76.4 Å². The number of benzene rings is 2. The van der Waals surface area contributed by atoms with Crippen molar-refractivity contribution < 1.29 is 35.8 Å². The number of hydrogen-bond acceptors (Lipinski definition) is 1. The molecule has 2 aromatic carbocycles. The van der Waals surface area contributed by atoms with E-state index in [4.69, 9.17) is 0 Å². The average molecular weight is 474 g/mol. The lowest BCUT2D eigenvalue weighted by molar-refractivity contribution is -0.314. The molecule has 0 spiro atoms. The molecule has 3 rings (SSSR count). The zero-order valence-electron chi connectivity index (χ0n) is 18.6. The molecule has 0 saturated carbocycles. The van der Waals surface area contributed by atoms with Gasteiger partial charge in [0.2, 0.25) is 5.85 Å². The molecule has 2 unspecified atom stereocenters. The maximum Gasteiger partial charge on any atom is 0.406 e. The van der Waals surface area contributed by atoms with Crippen molar-refractivity contribution >= 4 is 5.57 Å². The van der Waals surface area contributed by atoms with Gasteiger partial charge in [0.05, 0.1) is 0 Å². The Morgan fingerprint density at radius 3 is 2.06 bits per heavy atom. The maximum absolute atomic E-state index is 14.0. The van der Waals surface area contributed by atoms with Gasteiger partial charge in [0.25, 0.3) is 0 Å². The third-order valence-electron chi connectivity index (χ3n) is 6.42. The number of halogens is 7. The summed E-state index contributed by atoms with van der Waals surface area (Å²) < 4.78 is 94.8. The number of aryl methyl sites for hydroxylation is 1. The van der Waals surface area contributed by atoms with Gasteiger partial charge in [0.15, 0.2) is 5.41 Å². The van der Waals surface area contributed by atoms with Crippen LogP contribution in [-0.4, -0.2) is 23.3 Å². The van der Waals surface area contributed by atoms with Gasteiger partial charge in [-0.05, 0) is 55.0 Å². The number of rotatable bonds is 5. The maximum atomic E-state index is 14.0. The summed E-state index contributed by atoms with van der Waals surface area (Å²) in [5, 5.41) is 9.58. The van der Waals surface area contributed by atoms with Crippen LogP contribution in [-0.2, 0) is 11.8 Å². The van der Waals surface area contributed by atoms with Gasteiger partial charge >= 0.3 is 12.4 Å². The minimum absolute atomic E-state index is 0.00982. The van der Waals surface area contributed by atoms with Crippen LogP contribution in [0.3, 0.4) is 0 Å². The van der Waals surface area contributed by atoms with Crippen molar-refractivity contribution in [1.82, 2.24) is 0 Å². The van der Waals surface area contributed by atoms with E-state index in [9.17, 15) is 35.8 Å². The van der Waals surface area contributed by atoms with E-state index >= 15 is 0 Å². The van der Waals surface area contributed by atoms with E-state index in [1.54, 1.807) is 6.07 Å². The first-order valence-electron chi connectivity index (χ1n) is 10.3. The first-order valence-corrected chi connectivity index (χ1v) is 10.3. The molecule has 33 heavy (non-hydrogen) atoms. The highest BCUT2D eigenvalue weighted by atomic mass is 19.4. The third-order valence-corrected chi connectivity index (χ3v) is 6.42. The molecule has 1 nitrogen and oxygen atoms in total. The van der Waals surface area contributed by atoms with Crippen molar-refractivity contribution in [1.29, 1.82) is 0 Å². The van der Waals surface area contributed by atoms with Crippen LogP contribution in [0.2, 0.25) is 0 Å². The van der Waals surface area contributed by atoms with E-state index in [1.165, 1.54) is 12.1 Å². The molecule has 1 N–H and O–H groups in total. The van der Waals surface area contributed by atoms with Gasteiger partial charge in [-0.2, -0.15) is 26.3 Å². The highest BCUT2D eigenvalue weighted by Crippen LogP contribution is 2.53. The van der Waals surface area contributed by atoms with E-state index in [0.717, 1.165) is 22.3 Å². The summed E-state index contributed by atoms with van der Waals surface area (Å²) in [6, 6.07) is 12.4. The Labute approximate surface area is 187 Å². The third kappa shape index (κ3) is 4.67. The van der Waals surface area contributed by atoms with Crippen LogP contribution in [0.15, 0.2) is 48.5 Å². The van der Waals surface area contributed by atoms with E-state index in [0.29, 0.717) is 13.3 Å². The van der Waals surface area contributed by atoms with Crippen LogP contribution in [0.25, 0.3) is 5.57 Å². The summed E-state index contributed by atoms with van der Waals surface area (Å²) in [6.45, 7) is 4.66. The van der Waals surface area contributed by atoms with Gasteiger partial charge in [-0.3, -0.25) is 0 Å². The van der Waals surface area contributed by atoms with Gasteiger partial charge in [-0.25, -0.2) is 4.39 Å². The van der Waals surface area contributed by atoms with E-state index in [1.807, 2.05) is 38.1 Å². The molecule has 0 amide bonds. The summed E-state index contributed by atoms with van der Waals surface area (Å²) in [5.41, 5.74) is -1.34.